The molecule has 12 heteroatoms. The molecule has 0 bridgehead atoms. The highest BCUT2D eigenvalue weighted by Crippen LogP contribution is 2.18. The minimum absolute atomic E-state index is 0.0334. The lowest BCUT2D eigenvalue weighted by Gasteiger charge is -2.30. The Bertz CT molecular complexity index is 1390. The fourth-order valence-electron chi connectivity index (χ4n) is 4.33. The third-order valence-corrected chi connectivity index (χ3v) is 7.48. The fraction of sp³-hybridized carbons (Fsp3) is 0.556. The van der Waals surface area contributed by atoms with Crippen molar-refractivity contribution in [1.29, 1.82) is 0 Å². The van der Waals surface area contributed by atoms with Gasteiger partial charge in [0.05, 0.1) is 19.3 Å². The zero-order valence-corrected chi connectivity index (χ0v) is 29.3. The molecule has 3 unspecified atom stereocenters. The van der Waals surface area contributed by atoms with E-state index in [4.69, 9.17) is 4.74 Å². The van der Waals surface area contributed by atoms with Crippen molar-refractivity contribution in [2.75, 3.05) is 19.7 Å². The summed E-state index contributed by atoms with van der Waals surface area (Å²) in [6, 6.07) is 10.6. The molecule has 0 fully saturated rings. The minimum atomic E-state index is -1.62. The van der Waals surface area contributed by atoms with Gasteiger partial charge in [-0.3, -0.25) is 19.2 Å². The number of aliphatic hydroxyl groups excluding tert-OH is 1. The van der Waals surface area contributed by atoms with Crippen LogP contribution in [0.3, 0.4) is 0 Å². The summed E-state index contributed by atoms with van der Waals surface area (Å²) in [5.74, 6) is -3.14. The molecule has 0 aliphatic heterocycles. The zero-order chi connectivity index (χ0) is 36.3. The van der Waals surface area contributed by atoms with Gasteiger partial charge < -0.3 is 31.1 Å². The number of hydrogen-bond acceptors (Lipinski definition) is 6. The lowest BCUT2D eigenvalue weighted by atomic mass is 9.92. The molecule has 5 N–H and O–H groups in total. The first kappa shape index (κ1) is 40.3. The number of rotatable bonds is 16. The second-order valence-corrected chi connectivity index (χ2v) is 15.0. The van der Waals surface area contributed by atoms with E-state index in [0.29, 0.717) is 0 Å². The highest BCUT2D eigenvalue weighted by Gasteiger charge is 2.33. The van der Waals surface area contributed by atoms with Gasteiger partial charge in [-0.2, -0.15) is 0 Å². The first-order chi connectivity index (χ1) is 22.2. The van der Waals surface area contributed by atoms with Crippen LogP contribution in [0, 0.1) is 27.9 Å². The van der Waals surface area contributed by atoms with Gasteiger partial charge in [0, 0.05) is 36.4 Å². The molecule has 0 saturated heterocycles. The predicted molar refractivity (Wildman–Crippen MR) is 179 cm³/mol. The Kier molecular flexibility index (Phi) is 14.7. The molecule has 0 aromatic heterocycles. The van der Waals surface area contributed by atoms with Crippen LogP contribution in [0.25, 0.3) is 0 Å². The van der Waals surface area contributed by atoms with Crippen molar-refractivity contribution in [1.82, 2.24) is 21.3 Å². The topological polar surface area (TPSA) is 146 Å². The van der Waals surface area contributed by atoms with Crippen LogP contribution < -0.4 is 21.3 Å². The average molecular weight is 675 g/mol. The third-order valence-electron chi connectivity index (χ3n) is 7.48. The molecule has 48 heavy (non-hydrogen) atoms. The van der Waals surface area contributed by atoms with Crippen molar-refractivity contribution in [3.05, 3.63) is 71.3 Å². The monoisotopic (exact) mass is 674 g/mol. The molecule has 0 spiro atoms. The zero-order valence-electron chi connectivity index (χ0n) is 29.3. The van der Waals surface area contributed by atoms with Gasteiger partial charge in [0.25, 0.3) is 5.91 Å². The van der Waals surface area contributed by atoms with Gasteiger partial charge in [0.15, 0.2) is 6.10 Å². The molecule has 10 nitrogen and oxygen atoms in total. The molecule has 0 saturated carbocycles. The Hall–Kier alpha value is -3.90. The first-order valence-corrected chi connectivity index (χ1v) is 16.1. The molecule has 2 aromatic carbocycles. The Labute approximate surface area is 282 Å². The summed E-state index contributed by atoms with van der Waals surface area (Å²) in [6.07, 6.45) is -1.91. The standard InChI is InChI=1S/C36H52F2N4O6/c1-34(2,3)32(46)41-26(17-24-16-25(37)14-15-27(24)38)18-29(43)39-21-36(7,8)22-40-31(45)30(44)28(42-33(47)35(4,5)6)20-48-19-23-12-10-9-11-13-23/h9-16,26,28,30,44H,17-22H2,1-8H3,(H,39,43)(H,40,45)(H,41,46)(H,42,47). The highest BCUT2D eigenvalue weighted by molar-refractivity contribution is 5.85. The van der Waals surface area contributed by atoms with Crippen LogP contribution in [0.2, 0.25) is 0 Å². The van der Waals surface area contributed by atoms with Crippen molar-refractivity contribution in [3.63, 3.8) is 0 Å². The number of hydrogen-bond donors (Lipinski definition) is 5. The van der Waals surface area contributed by atoms with Crippen molar-refractivity contribution < 1.29 is 37.8 Å². The Morgan fingerprint density at radius 2 is 1.40 bits per heavy atom. The summed E-state index contributed by atoms with van der Waals surface area (Å²) in [6.45, 7) is 14.1. The number of aliphatic hydroxyl groups is 1. The average Bonchev–Trinajstić information content (AvgIpc) is 2.99. The number of halogens is 2. The molecular weight excluding hydrogens is 622 g/mol. The highest BCUT2D eigenvalue weighted by atomic mass is 19.1. The van der Waals surface area contributed by atoms with E-state index < -0.39 is 57.9 Å². The number of benzene rings is 2. The summed E-state index contributed by atoms with van der Waals surface area (Å²) in [4.78, 5) is 51.4. The molecule has 2 aromatic rings. The minimum Gasteiger partial charge on any atom is -0.381 e. The molecular formula is C36H52F2N4O6. The molecule has 0 radical (unpaired) electrons. The Balaban J connectivity index is 2.00. The van der Waals surface area contributed by atoms with Crippen LogP contribution in [0.1, 0.15) is 72.9 Å². The SMILES string of the molecule is CC(C)(CNC(=O)CC(Cc1cc(F)ccc1F)NC(=O)C(C)(C)C)CNC(=O)C(O)C(COCc1ccccc1)NC(=O)C(C)(C)C. The fourth-order valence-corrected chi connectivity index (χ4v) is 4.33. The van der Waals surface area contributed by atoms with Crippen LogP contribution in [-0.4, -0.2) is 66.6 Å². The van der Waals surface area contributed by atoms with E-state index >= 15 is 0 Å². The number of ether oxygens (including phenoxy) is 1. The summed E-state index contributed by atoms with van der Waals surface area (Å²) >= 11 is 0. The van der Waals surface area contributed by atoms with Gasteiger partial charge >= 0.3 is 0 Å². The normalized spacial score (nSPS) is 14.0. The van der Waals surface area contributed by atoms with E-state index in [1.165, 1.54) is 0 Å². The molecule has 4 amide bonds. The van der Waals surface area contributed by atoms with Crippen LogP contribution in [0.4, 0.5) is 8.78 Å². The van der Waals surface area contributed by atoms with Crippen LogP contribution >= 0.6 is 0 Å². The van der Waals surface area contributed by atoms with Crippen molar-refractivity contribution >= 4 is 23.6 Å². The van der Waals surface area contributed by atoms with Gasteiger partial charge in [-0.15, -0.1) is 0 Å². The quantitative estimate of drug-likeness (QED) is 0.183. The van der Waals surface area contributed by atoms with E-state index in [-0.39, 0.29) is 56.5 Å². The van der Waals surface area contributed by atoms with Crippen LogP contribution in [0.15, 0.2) is 48.5 Å². The van der Waals surface area contributed by atoms with Gasteiger partial charge in [-0.05, 0) is 41.2 Å². The number of carbonyl (C=O) groups is 4. The van der Waals surface area contributed by atoms with E-state index in [1.807, 2.05) is 30.3 Å². The maximum atomic E-state index is 14.4. The molecule has 0 heterocycles. The van der Waals surface area contributed by atoms with E-state index in [0.717, 1.165) is 23.8 Å². The van der Waals surface area contributed by atoms with Gasteiger partial charge in [-0.25, -0.2) is 8.78 Å². The van der Waals surface area contributed by atoms with Gasteiger partial charge in [-0.1, -0.05) is 85.7 Å². The maximum Gasteiger partial charge on any atom is 0.251 e. The van der Waals surface area contributed by atoms with E-state index in [9.17, 15) is 33.1 Å². The second kappa shape index (κ2) is 17.5. The van der Waals surface area contributed by atoms with Crippen LogP contribution in [-0.2, 0) is 36.9 Å². The predicted octanol–water partition coefficient (Wildman–Crippen LogP) is 3.80. The summed E-state index contributed by atoms with van der Waals surface area (Å²) < 4.78 is 33.9. The summed E-state index contributed by atoms with van der Waals surface area (Å²) in [5, 5.41) is 21.9. The molecule has 0 aliphatic carbocycles. The lowest BCUT2D eigenvalue weighted by Crippen LogP contribution is -2.56. The van der Waals surface area contributed by atoms with Gasteiger partial charge in [0.1, 0.15) is 11.6 Å². The van der Waals surface area contributed by atoms with E-state index in [1.54, 1.807) is 55.4 Å². The lowest BCUT2D eigenvalue weighted by molar-refractivity contribution is -0.136. The van der Waals surface area contributed by atoms with Crippen LogP contribution in [0.5, 0.6) is 0 Å². The Morgan fingerprint density at radius 3 is 2.00 bits per heavy atom. The molecule has 3 atom stereocenters. The first-order valence-electron chi connectivity index (χ1n) is 16.1. The summed E-state index contributed by atoms with van der Waals surface area (Å²) in [5.41, 5.74) is -1.30. The largest absolute Gasteiger partial charge is 0.381 e. The number of carbonyl (C=O) groups excluding carboxylic acids is 4. The van der Waals surface area contributed by atoms with Gasteiger partial charge in [0.2, 0.25) is 17.7 Å². The van der Waals surface area contributed by atoms with Crippen molar-refractivity contribution in [3.8, 4) is 0 Å². The van der Waals surface area contributed by atoms with E-state index in [2.05, 4.69) is 21.3 Å². The smallest absolute Gasteiger partial charge is 0.251 e. The molecule has 0 aliphatic rings. The molecule has 266 valence electrons. The summed E-state index contributed by atoms with van der Waals surface area (Å²) in [7, 11) is 0. The maximum absolute atomic E-state index is 14.4. The van der Waals surface area contributed by atoms with Crippen molar-refractivity contribution in [2.24, 2.45) is 16.2 Å². The van der Waals surface area contributed by atoms with Crippen molar-refractivity contribution in [2.45, 2.75) is 93.0 Å². The molecule has 2 rings (SSSR count). The second-order valence-electron chi connectivity index (χ2n) is 15.0. The number of nitrogens with one attached hydrogen (secondary N) is 4. The third kappa shape index (κ3) is 14.1. The number of amides is 4. The Morgan fingerprint density at radius 1 is 0.812 bits per heavy atom.